The minimum absolute atomic E-state index is 0.251. The molecular formula is C17H17F2N3O3. The number of hydrogen-bond acceptors (Lipinski definition) is 4. The number of nitrogens with zero attached hydrogens (tertiary/aromatic N) is 2. The molecule has 1 fully saturated rings. The Kier molecular flexibility index (Phi) is 5.06. The minimum Gasteiger partial charge on any atom is -0.452 e. The number of anilines is 1. The number of carbonyl (C=O) groups excluding carboxylic acids is 2. The number of benzene rings is 1. The molecule has 0 spiro atoms. The number of esters is 1. The van der Waals surface area contributed by atoms with Gasteiger partial charge in [-0.25, -0.2) is 18.3 Å². The van der Waals surface area contributed by atoms with Crippen LogP contribution in [0, 0.1) is 11.6 Å². The molecule has 0 aliphatic heterocycles. The van der Waals surface area contributed by atoms with Gasteiger partial charge in [0.2, 0.25) is 0 Å². The van der Waals surface area contributed by atoms with Gasteiger partial charge in [0.15, 0.2) is 6.61 Å². The van der Waals surface area contributed by atoms with Gasteiger partial charge in [0, 0.05) is 12.1 Å². The molecule has 1 N–H and O–H groups in total. The molecule has 0 saturated heterocycles. The van der Waals surface area contributed by atoms with Crippen molar-refractivity contribution in [2.75, 3.05) is 11.9 Å². The van der Waals surface area contributed by atoms with Crippen LogP contribution in [0.1, 0.15) is 42.1 Å². The maximum atomic E-state index is 13.5. The van der Waals surface area contributed by atoms with Gasteiger partial charge in [-0.3, -0.25) is 4.79 Å². The molecule has 1 amide bonds. The SMILES string of the molecule is O=C(COC(=O)c1ccc(F)cc1F)Nc1ccnn1C1CCCC1. The zero-order valence-corrected chi connectivity index (χ0v) is 13.4. The number of aromatic nitrogens is 2. The van der Waals surface area contributed by atoms with Crippen LogP contribution in [-0.4, -0.2) is 28.3 Å². The van der Waals surface area contributed by atoms with Crippen molar-refractivity contribution in [3.05, 3.63) is 47.7 Å². The van der Waals surface area contributed by atoms with Gasteiger partial charge in [0.05, 0.1) is 17.8 Å². The van der Waals surface area contributed by atoms with Crippen molar-refractivity contribution < 1.29 is 23.1 Å². The average molecular weight is 349 g/mol. The first-order valence-electron chi connectivity index (χ1n) is 8.00. The number of amides is 1. The summed E-state index contributed by atoms with van der Waals surface area (Å²) in [5.74, 6) is -2.90. The molecule has 1 aromatic heterocycles. The van der Waals surface area contributed by atoms with Gasteiger partial charge >= 0.3 is 5.97 Å². The third-order valence-corrected chi connectivity index (χ3v) is 4.09. The molecular weight excluding hydrogens is 332 g/mol. The van der Waals surface area contributed by atoms with Crippen LogP contribution in [0.3, 0.4) is 0 Å². The van der Waals surface area contributed by atoms with Crippen molar-refractivity contribution in [3.8, 4) is 0 Å². The molecule has 1 saturated carbocycles. The van der Waals surface area contributed by atoms with E-state index in [4.69, 9.17) is 4.74 Å². The van der Waals surface area contributed by atoms with E-state index in [0.29, 0.717) is 11.9 Å². The van der Waals surface area contributed by atoms with Crippen LogP contribution in [0.15, 0.2) is 30.5 Å². The Morgan fingerprint density at radius 3 is 2.72 bits per heavy atom. The summed E-state index contributed by atoms with van der Waals surface area (Å²) in [4.78, 5) is 23.7. The van der Waals surface area contributed by atoms with E-state index < -0.39 is 35.7 Å². The Hall–Kier alpha value is -2.77. The molecule has 2 aromatic rings. The minimum atomic E-state index is -1.04. The maximum absolute atomic E-state index is 13.5. The van der Waals surface area contributed by atoms with Gasteiger partial charge in [-0.2, -0.15) is 5.10 Å². The van der Waals surface area contributed by atoms with Gasteiger partial charge in [-0.1, -0.05) is 12.8 Å². The molecule has 1 aliphatic carbocycles. The molecule has 3 rings (SSSR count). The van der Waals surface area contributed by atoms with Crippen LogP contribution in [-0.2, 0) is 9.53 Å². The Morgan fingerprint density at radius 1 is 1.24 bits per heavy atom. The summed E-state index contributed by atoms with van der Waals surface area (Å²) in [7, 11) is 0. The van der Waals surface area contributed by atoms with Gasteiger partial charge in [-0.15, -0.1) is 0 Å². The fourth-order valence-corrected chi connectivity index (χ4v) is 2.90. The number of halogens is 2. The molecule has 6 nitrogen and oxygen atoms in total. The smallest absolute Gasteiger partial charge is 0.341 e. The highest BCUT2D eigenvalue weighted by Crippen LogP contribution is 2.31. The molecule has 8 heteroatoms. The molecule has 1 heterocycles. The number of hydrogen-bond donors (Lipinski definition) is 1. The summed E-state index contributed by atoms with van der Waals surface area (Å²) in [5, 5.41) is 6.85. The number of carbonyl (C=O) groups is 2. The van der Waals surface area contributed by atoms with E-state index in [9.17, 15) is 18.4 Å². The average Bonchev–Trinajstić information content (AvgIpc) is 3.23. The topological polar surface area (TPSA) is 73.2 Å². The first-order chi connectivity index (χ1) is 12.0. The zero-order chi connectivity index (χ0) is 17.8. The fourth-order valence-electron chi connectivity index (χ4n) is 2.90. The van der Waals surface area contributed by atoms with Crippen molar-refractivity contribution in [1.82, 2.24) is 9.78 Å². The van der Waals surface area contributed by atoms with Crippen LogP contribution in [0.5, 0.6) is 0 Å². The van der Waals surface area contributed by atoms with Crippen LogP contribution in [0.25, 0.3) is 0 Å². The maximum Gasteiger partial charge on any atom is 0.341 e. The normalized spacial score (nSPS) is 14.5. The van der Waals surface area contributed by atoms with E-state index in [2.05, 4.69) is 10.4 Å². The molecule has 0 bridgehead atoms. The molecule has 1 aromatic carbocycles. The Balaban J connectivity index is 1.56. The molecule has 0 radical (unpaired) electrons. The largest absolute Gasteiger partial charge is 0.452 e. The van der Waals surface area contributed by atoms with E-state index in [1.54, 1.807) is 16.9 Å². The fraction of sp³-hybridized carbons (Fsp3) is 0.353. The lowest BCUT2D eigenvalue weighted by Gasteiger charge is -2.14. The summed E-state index contributed by atoms with van der Waals surface area (Å²) in [5.41, 5.74) is -0.426. The molecule has 132 valence electrons. The van der Waals surface area contributed by atoms with Crippen molar-refractivity contribution in [3.63, 3.8) is 0 Å². The third-order valence-electron chi connectivity index (χ3n) is 4.09. The monoisotopic (exact) mass is 349 g/mol. The zero-order valence-electron chi connectivity index (χ0n) is 13.4. The van der Waals surface area contributed by atoms with E-state index in [1.807, 2.05) is 0 Å². The number of nitrogens with one attached hydrogen (secondary N) is 1. The quantitative estimate of drug-likeness (QED) is 0.842. The summed E-state index contributed by atoms with van der Waals surface area (Å²) >= 11 is 0. The predicted octanol–water partition coefficient (Wildman–Crippen LogP) is 3.07. The van der Waals surface area contributed by atoms with Crippen molar-refractivity contribution >= 4 is 17.7 Å². The summed E-state index contributed by atoms with van der Waals surface area (Å²) in [6, 6.07) is 4.41. The van der Waals surface area contributed by atoms with Crippen LogP contribution >= 0.6 is 0 Å². The second kappa shape index (κ2) is 7.42. The van der Waals surface area contributed by atoms with Crippen molar-refractivity contribution in [2.24, 2.45) is 0 Å². The Bertz CT molecular complexity index is 785. The van der Waals surface area contributed by atoms with Gasteiger partial charge in [-0.05, 0) is 25.0 Å². The van der Waals surface area contributed by atoms with Crippen molar-refractivity contribution in [1.29, 1.82) is 0 Å². The first-order valence-corrected chi connectivity index (χ1v) is 8.00. The van der Waals surface area contributed by atoms with E-state index in [1.165, 1.54) is 0 Å². The third kappa shape index (κ3) is 4.01. The summed E-state index contributed by atoms with van der Waals surface area (Å²) in [6.45, 7) is -0.578. The lowest BCUT2D eigenvalue weighted by molar-refractivity contribution is -0.119. The van der Waals surface area contributed by atoms with E-state index >= 15 is 0 Å². The molecule has 0 atom stereocenters. The van der Waals surface area contributed by atoms with Crippen LogP contribution in [0.2, 0.25) is 0 Å². The second-order valence-electron chi connectivity index (χ2n) is 5.85. The summed E-state index contributed by atoms with van der Waals surface area (Å²) in [6.07, 6.45) is 5.85. The molecule has 25 heavy (non-hydrogen) atoms. The molecule has 1 aliphatic rings. The number of rotatable bonds is 5. The van der Waals surface area contributed by atoms with E-state index in [0.717, 1.165) is 37.8 Å². The summed E-state index contributed by atoms with van der Waals surface area (Å²) < 4.78 is 32.9. The van der Waals surface area contributed by atoms with Crippen LogP contribution < -0.4 is 5.32 Å². The van der Waals surface area contributed by atoms with E-state index in [-0.39, 0.29) is 6.04 Å². The van der Waals surface area contributed by atoms with Crippen LogP contribution in [0.4, 0.5) is 14.6 Å². The highest BCUT2D eigenvalue weighted by atomic mass is 19.1. The number of ether oxygens (including phenoxy) is 1. The predicted molar refractivity (Wildman–Crippen MR) is 85.0 cm³/mol. The Labute approximate surface area is 142 Å². The highest BCUT2D eigenvalue weighted by molar-refractivity contribution is 5.95. The Morgan fingerprint density at radius 2 is 2.00 bits per heavy atom. The molecule has 0 unspecified atom stereocenters. The lowest BCUT2D eigenvalue weighted by atomic mass is 10.2. The van der Waals surface area contributed by atoms with Gasteiger partial charge in [0.1, 0.15) is 17.5 Å². The standard InChI is InChI=1S/C17H17F2N3O3/c18-11-5-6-13(14(19)9-11)17(24)25-10-16(23)21-15-7-8-20-22(15)12-3-1-2-4-12/h5-9,12H,1-4,10H2,(H,21,23). The van der Waals surface area contributed by atoms with Crippen molar-refractivity contribution in [2.45, 2.75) is 31.7 Å². The lowest BCUT2D eigenvalue weighted by Crippen LogP contribution is -2.23. The highest BCUT2D eigenvalue weighted by Gasteiger charge is 2.21. The first kappa shape index (κ1) is 17.1. The van der Waals surface area contributed by atoms with Gasteiger partial charge in [0.25, 0.3) is 5.91 Å². The second-order valence-corrected chi connectivity index (χ2v) is 5.85. The van der Waals surface area contributed by atoms with Gasteiger partial charge < -0.3 is 10.1 Å².